The van der Waals surface area contributed by atoms with Crippen molar-refractivity contribution in [1.82, 2.24) is 0 Å². The maximum Gasteiger partial charge on any atom is 4.00 e. The summed E-state index contributed by atoms with van der Waals surface area (Å²) in [6, 6.07) is 32.4. The zero-order valence-corrected chi connectivity index (χ0v) is 20.6. The van der Waals surface area contributed by atoms with Crippen molar-refractivity contribution in [3.63, 3.8) is 0 Å². The zero-order valence-electron chi connectivity index (χ0n) is 18.2. The van der Waals surface area contributed by atoms with E-state index in [1.54, 1.807) is 0 Å². The van der Waals surface area contributed by atoms with Crippen LogP contribution >= 0.6 is 0 Å². The van der Waals surface area contributed by atoms with Crippen LogP contribution in [0.4, 0.5) is 0 Å². The molecule has 0 heterocycles. The molecule has 4 rings (SSSR count). The van der Waals surface area contributed by atoms with E-state index in [1.165, 1.54) is 22.3 Å². The summed E-state index contributed by atoms with van der Waals surface area (Å²) >= 11 is 0. The van der Waals surface area contributed by atoms with E-state index < -0.39 is 0 Å². The van der Waals surface area contributed by atoms with Gasteiger partial charge in [0.05, 0.1) is 0 Å². The Morgan fingerprint density at radius 3 is 0.931 bits per heavy atom. The van der Waals surface area contributed by atoms with Crippen LogP contribution < -0.4 is 0 Å². The molecule has 148 valence electrons. The molecule has 0 amide bonds. The van der Waals surface area contributed by atoms with Crippen LogP contribution in [0.5, 0.6) is 0 Å². The van der Waals surface area contributed by atoms with Crippen LogP contribution in [0.2, 0.25) is 0 Å². The molecular weight excluding hydrogens is 428 g/mol. The van der Waals surface area contributed by atoms with Gasteiger partial charge in [-0.15, -0.1) is 24.3 Å². The first-order chi connectivity index (χ1) is 13.4. The molecule has 0 fully saturated rings. The molecule has 0 bridgehead atoms. The third-order valence-electron chi connectivity index (χ3n) is 4.31. The van der Waals surface area contributed by atoms with Crippen LogP contribution in [0.25, 0.3) is 0 Å². The first-order valence-corrected chi connectivity index (χ1v) is 9.52. The van der Waals surface area contributed by atoms with Crippen LogP contribution in [0.3, 0.4) is 0 Å². The van der Waals surface area contributed by atoms with Crippen molar-refractivity contribution in [2.75, 3.05) is 0 Å². The second-order valence-electron chi connectivity index (χ2n) is 6.75. The molecule has 1 heteroatoms. The van der Waals surface area contributed by atoms with Crippen molar-refractivity contribution in [1.29, 1.82) is 0 Å². The minimum absolute atomic E-state index is 0. The molecule has 29 heavy (non-hydrogen) atoms. The van der Waals surface area contributed by atoms with Crippen molar-refractivity contribution in [3.05, 3.63) is 144 Å². The largest absolute Gasteiger partial charge is 4.00 e. The number of hydrogen-bond donors (Lipinski definition) is 0. The Hall–Kier alpha value is -2.24. The van der Waals surface area contributed by atoms with Gasteiger partial charge in [0.25, 0.3) is 0 Å². The fourth-order valence-electron chi connectivity index (χ4n) is 2.16. The molecule has 0 saturated carbocycles. The molecule has 0 unspecified atom stereocenters. The predicted molar refractivity (Wildman–Crippen MR) is 125 cm³/mol. The van der Waals surface area contributed by atoms with Gasteiger partial charge in [-0.3, -0.25) is 0 Å². The zero-order chi connectivity index (χ0) is 20.8. The summed E-state index contributed by atoms with van der Waals surface area (Å²) in [7, 11) is 0. The van der Waals surface area contributed by atoms with Gasteiger partial charge in [-0.1, -0.05) is 39.8 Å². The maximum absolute atomic E-state index is 3.72. The Kier molecular flexibility index (Phi) is 14.5. The average molecular weight is 460 g/mol. The number of aryl methyl sites for hydroxylation is 4. The van der Waals surface area contributed by atoms with E-state index in [1.807, 2.05) is 60.7 Å². The summed E-state index contributed by atoms with van der Waals surface area (Å²) in [6.07, 6.45) is 0. The average Bonchev–Trinajstić information content (AvgIpc) is 3.25. The predicted octanol–water partition coefficient (Wildman–Crippen LogP) is 7.78. The third kappa shape index (κ3) is 12.8. The summed E-state index contributed by atoms with van der Waals surface area (Å²) < 4.78 is 0. The molecule has 4 aromatic rings. The molecule has 0 saturated heterocycles. The SMILES string of the molecule is Cc1ccc[c-]1C.Cc1ccc[c-]1C.[CH2-]c1ccccc1.[CH2-]c1ccccc1.[Zr+4]. The Labute approximate surface area is 197 Å². The van der Waals surface area contributed by atoms with Gasteiger partial charge in [-0.25, -0.2) is 24.3 Å². The van der Waals surface area contributed by atoms with Gasteiger partial charge in [-0.05, 0) is 0 Å². The monoisotopic (exact) mass is 458 g/mol. The summed E-state index contributed by atoms with van der Waals surface area (Å²) in [5.74, 6) is 0. The van der Waals surface area contributed by atoms with E-state index in [9.17, 15) is 0 Å². The minimum Gasteiger partial charge on any atom is -0.213 e. The second-order valence-corrected chi connectivity index (χ2v) is 6.75. The van der Waals surface area contributed by atoms with E-state index in [0.29, 0.717) is 0 Å². The van der Waals surface area contributed by atoms with Crippen LogP contribution in [0.1, 0.15) is 33.4 Å². The molecule has 4 aromatic carbocycles. The minimum atomic E-state index is 0. The first kappa shape index (κ1) is 26.8. The summed E-state index contributed by atoms with van der Waals surface area (Å²) in [6.45, 7) is 15.9. The Bertz CT molecular complexity index is 758. The van der Waals surface area contributed by atoms with Gasteiger partial charge in [0.2, 0.25) is 0 Å². The smallest absolute Gasteiger partial charge is 0.213 e. The van der Waals surface area contributed by atoms with Gasteiger partial charge < -0.3 is 0 Å². The van der Waals surface area contributed by atoms with Gasteiger partial charge in [0.15, 0.2) is 0 Å². The van der Waals surface area contributed by atoms with E-state index in [0.717, 1.165) is 11.1 Å². The van der Waals surface area contributed by atoms with Crippen LogP contribution in [0.15, 0.2) is 97.1 Å². The summed E-state index contributed by atoms with van der Waals surface area (Å²) in [5.41, 5.74) is 7.70. The van der Waals surface area contributed by atoms with Crippen molar-refractivity contribution in [2.24, 2.45) is 0 Å². The van der Waals surface area contributed by atoms with Crippen LogP contribution in [-0.4, -0.2) is 0 Å². The fourth-order valence-corrected chi connectivity index (χ4v) is 2.16. The van der Waals surface area contributed by atoms with Crippen molar-refractivity contribution in [3.8, 4) is 0 Å². The molecule has 0 aromatic heterocycles. The molecule has 0 aliphatic heterocycles. The quantitative estimate of drug-likeness (QED) is 0.235. The Morgan fingerprint density at radius 1 is 0.517 bits per heavy atom. The number of rotatable bonds is 0. The van der Waals surface area contributed by atoms with Crippen LogP contribution in [-0.2, 0) is 26.2 Å². The molecular formula is C28H32Zr. The van der Waals surface area contributed by atoms with Crippen molar-refractivity contribution < 1.29 is 26.2 Å². The van der Waals surface area contributed by atoms with Crippen LogP contribution in [0, 0.1) is 41.5 Å². The standard InChI is InChI=1S/2C7H9.2C7H7.Zr/c2*1-6-4-3-5-7(6)2;2*1-7-5-3-2-4-6-7;/h2*3-5H,1-2H3;2*2-6H,1H2;/q4*-1;+4. The fraction of sp³-hybridized carbons (Fsp3) is 0.143. The Balaban J connectivity index is 0.000000356. The van der Waals surface area contributed by atoms with E-state index in [-0.39, 0.29) is 26.2 Å². The molecule has 0 nitrogen and oxygen atoms in total. The molecule has 0 radical (unpaired) electrons. The van der Waals surface area contributed by atoms with Gasteiger partial charge in [-0.2, -0.15) is 83.6 Å². The normalized spacial score (nSPS) is 8.69. The maximum atomic E-state index is 3.72. The molecule has 0 atom stereocenters. The van der Waals surface area contributed by atoms with Crippen molar-refractivity contribution >= 4 is 0 Å². The Morgan fingerprint density at radius 2 is 0.828 bits per heavy atom. The first-order valence-electron chi connectivity index (χ1n) is 9.52. The third-order valence-corrected chi connectivity index (χ3v) is 4.31. The van der Waals surface area contributed by atoms with Crippen molar-refractivity contribution in [2.45, 2.75) is 27.7 Å². The summed E-state index contributed by atoms with van der Waals surface area (Å²) in [4.78, 5) is 0. The number of benzene rings is 2. The molecule has 0 aliphatic carbocycles. The van der Waals surface area contributed by atoms with E-state index in [4.69, 9.17) is 0 Å². The molecule has 0 aliphatic rings. The summed E-state index contributed by atoms with van der Waals surface area (Å²) in [5, 5.41) is 0. The molecule has 0 spiro atoms. The topological polar surface area (TPSA) is 0 Å². The van der Waals surface area contributed by atoms with E-state index >= 15 is 0 Å². The van der Waals surface area contributed by atoms with Gasteiger partial charge in [0.1, 0.15) is 0 Å². The van der Waals surface area contributed by atoms with E-state index in [2.05, 4.69) is 77.9 Å². The number of hydrogen-bond acceptors (Lipinski definition) is 0. The van der Waals surface area contributed by atoms with Gasteiger partial charge >= 0.3 is 26.2 Å². The second kappa shape index (κ2) is 15.7. The van der Waals surface area contributed by atoms with Gasteiger partial charge in [0, 0.05) is 0 Å². The molecule has 0 N–H and O–H groups in total.